The van der Waals surface area contributed by atoms with E-state index in [1.807, 2.05) is 0 Å². The molecule has 1 aliphatic heterocycles. The topological polar surface area (TPSA) is 12.5 Å². The summed E-state index contributed by atoms with van der Waals surface area (Å²) in [5.41, 5.74) is 3.39. The van der Waals surface area contributed by atoms with Crippen molar-refractivity contribution in [2.45, 2.75) is 34.1 Å². The van der Waals surface area contributed by atoms with Crippen LogP contribution in [0.25, 0.3) is 0 Å². The lowest BCUT2D eigenvalue weighted by Crippen LogP contribution is -2.41. The van der Waals surface area contributed by atoms with Gasteiger partial charge in [-0.1, -0.05) is 19.4 Å². The largest absolute Gasteiger partial charge is 0.500 e. The molecule has 17 heavy (non-hydrogen) atoms. The Bertz CT molecular complexity index is 388. The van der Waals surface area contributed by atoms with E-state index >= 15 is 0 Å². The Hall–Kier alpha value is -0.760. The predicted molar refractivity (Wildman–Crippen MR) is 71.8 cm³/mol. The fourth-order valence-electron chi connectivity index (χ4n) is 3.24. The van der Waals surface area contributed by atoms with Gasteiger partial charge < -0.3 is 9.64 Å². The van der Waals surface area contributed by atoms with Crippen LogP contribution in [-0.4, -0.2) is 32.1 Å². The summed E-state index contributed by atoms with van der Waals surface area (Å²) in [4.78, 5) is 2.41. The Morgan fingerprint density at radius 1 is 1.18 bits per heavy atom. The van der Waals surface area contributed by atoms with E-state index in [0.29, 0.717) is 0 Å². The molecule has 0 N–H and O–H groups in total. The van der Waals surface area contributed by atoms with Crippen LogP contribution in [0.5, 0.6) is 0 Å². The highest BCUT2D eigenvalue weighted by Gasteiger charge is 2.42. The highest BCUT2D eigenvalue weighted by Crippen LogP contribution is 2.50. The van der Waals surface area contributed by atoms with E-state index in [4.69, 9.17) is 4.74 Å². The van der Waals surface area contributed by atoms with Crippen molar-refractivity contribution in [2.24, 2.45) is 10.8 Å². The molecule has 0 aromatic carbocycles. The lowest BCUT2D eigenvalue weighted by molar-refractivity contribution is 0.181. The zero-order valence-corrected chi connectivity index (χ0v) is 12.1. The molecule has 0 radical (unpaired) electrons. The SMILES string of the molecule is COC1=CC(C)(C)C2=C(CN(C)CC2)C1(C)C. The third-order valence-corrected chi connectivity index (χ3v) is 4.40. The van der Waals surface area contributed by atoms with Crippen molar-refractivity contribution in [2.75, 3.05) is 27.2 Å². The van der Waals surface area contributed by atoms with Crippen LogP contribution >= 0.6 is 0 Å². The average molecular weight is 235 g/mol. The molecule has 0 aromatic heterocycles. The van der Waals surface area contributed by atoms with Crippen molar-refractivity contribution in [3.8, 4) is 0 Å². The molecule has 0 saturated carbocycles. The molecule has 0 atom stereocenters. The number of likely N-dealkylation sites (N-methyl/N-ethyl adjacent to an activating group) is 1. The number of hydrogen-bond acceptors (Lipinski definition) is 2. The zero-order valence-electron chi connectivity index (χ0n) is 12.1. The highest BCUT2D eigenvalue weighted by atomic mass is 16.5. The van der Waals surface area contributed by atoms with Crippen molar-refractivity contribution in [3.05, 3.63) is 23.0 Å². The molecular weight excluding hydrogens is 210 g/mol. The van der Waals surface area contributed by atoms with Crippen molar-refractivity contribution in [1.82, 2.24) is 4.90 Å². The lowest BCUT2D eigenvalue weighted by atomic mass is 9.64. The second-order valence-electron chi connectivity index (χ2n) is 6.50. The van der Waals surface area contributed by atoms with Gasteiger partial charge in [0.15, 0.2) is 0 Å². The maximum absolute atomic E-state index is 5.63. The van der Waals surface area contributed by atoms with Crippen LogP contribution in [0.4, 0.5) is 0 Å². The first-order chi connectivity index (χ1) is 7.79. The Morgan fingerprint density at radius 2 is 1.82 bits per heavy atom. The molecule has 0 aromatic rings. The normalized spacial score (nSPS) is 27.5. The van der Waals surface area contributed by atoms with E-state index in [1.165, 1.54) is 13.0 Å². The van der Waals surface area contributed by atoms with Crippen LogP contribution in [0, 0.1) is 10.8 Å². The first kappa shape index (κ1) is 12.7. The first-order valence-electron chi connectivity index (χ1n) is 6.48. The standard InChI is InChI=1S/C15H25NO/c1-14(2)9-13(17-6)15(3,4)12-10-16(5)8-7-11(12)14/h9H,7-8,10H2,1-6H3. The van der Waals surface area contributed by atoms with Gasteiger partial charge in [-0.15, -0.1) is 0 Å². The zero-order chi connectivity index (χ0) is 12.8. The molecule has 0 unspecified atom stereocenters. The number of methoxy groups -OCH3 is 1. The number of nitrogens with zero attached hydrogens (tertiary/aromatic N) is 1. The van der Waals surface area contributed by atoms with Gasteiger partial charge in [0, 0.05) is 23.9 Å². The monoisotopic (exact) mass is 235 g/mol. The Balaban J connectivity index is 2.52. The van der Waals surface area contributed by atoms with Crippen molar-refractivity contribution < 1.29 is 4.74 Å². The first-order valence-corrected chi connectivity index (χ1v) is 6.48. The second kappa shape index (κ2) is 3.88. The van der Waals surface area contributed by atoms with Crippen LogP contribution < -0.4 is 0 Å². The highest BCUT2D eigenvalue weighted by molar-refractivity contribution is 5.42. The summed E-state index contributed by atoms with van der Waals surface area (Å²) in [6.45, 7) is 11.4. The fraction of sp³-hybridized carbons (Fsp3) is 0.733. The summed E-state index contributed by atoms with van der Waals surface area (Å²) in [5.74, 6) is 1.12. The Labute approximate surface area is 105 Å². The summed E-state index contributed by atoms with van der Waals surface area (Å²) in [7, 11) is 4.00. The third-order valence-electron chi connectivity index (χ3n) is 4.40. The smallest absolute Gasteiger partial charge is 0.102 e. The van der Waals surface area contributed by atoms with Gasteiger partial charge in [-0.25, -0.2) is 0 Å². The van der Waals surface area contributed by atoms with Crippen LogP contribution in [-0.2, 0) is 4.74 Å². The minimum absolute atomic E-state index is 0.0499. The lowest BCUT2D eigenvalue weighted by Gasteiger charge is -2.46. The summed E-state index contributed by atoms with van der Waals surface area (Å²) < 4.78 is 5.63. The molecule has 2 nitrogen and oxygen atoms in total. The molecule has 0 saturated heterocycles. The summed E-state index contributed by atoms with van der Waals surface area (Å²) in [5, 5.41) is 0. The van der Waals surface area contributed by atoms with Gasteiger partial charge in [0.2, 0.25) is 0 Å². The predicted octanol–water partition coefficient (Wildman–Crippen LogP) is 3.21. The number of allylic oxidation sites excluding steroid dienone is 2. The van der Waals surface area contributed by atoms with E-state index in [9.17, 15) is 0 Å². The molecule has 1 heterocycles. The van der Waals surface area contributed by atoms with Crippen LogP contribution in [0.2, 0.25) is 0 Å². The summed E-state index contributed by atoms with van der Waals surface area (Å²) in [6, 6.07) is 0. The minimum Gasteiger partial charge on any atom is -0.500 e. The van der Waals surface area contributed by atoms with E-state index in [1.54, 1.807) is 18.3 Å². The Morgan fingerprint density at radius 3 is 2.41 bits per heavy atom. The van der Waals surface area contributed by atoms with Gasteiger partial charge in [0.1, 0.15) is 5.76 Å². The molecule has 0 amide bonds. The van der Waals surface area contributed by atoms with Gasteiger partial charge in [-0.2, -0.15) is 0 Å². The molecule has 2 rings (SSSR count). The van der Waals surface area contributed by atoms with E-state index in [2.05, 4.69) is 45.7 Å². The van der Waals surface area contributed by atoms with Crippen LogP contribution in [0.1, 0.15) is 34.1 Å². The number of hydrogen-bond donors (Lipinski definition) is 0. The van der Waals surface area contributed by atoms with E-state index < -0.39 is 0 Å². The molecule has 1 aliphatic carbocycles. The van der Waals surface area contributed by atoms with Crippen molar-refractivity contribution >= 4 is 0 Å². The molecular formula is C15H25NO. The molecule has 0 fully saturated rings. The second-order valence-corrected chi connectivity index (χ2v) is 6.50. The molecule has 96 valence electrons. The summed E-state index contributed by atoms with van der Waals surface area (Å²) >= 11 is 0. The molecule has 0 bridgehead atoms. The van der Waals surface area contributed by atoms with Crippen LogP contribution in [0.15, 0.2) is 23.0 Å². The minimum atomic E-state index is 0.0499. The average Bonchev–Trinajstić information content (AvgIpc) is 2.24. The third kappa shape index (κ3) is 1.93. The molecule has 2 aliphatic rings. The van der Waals surface area contributed by atoms with E-state index in [-0.39, 0.29) is 10.8 Å². The summed E-state index contributed by atoms with van der Waals surface area (Å²) in [6.07, 6.45) is 3.51. The Kier molecular flexibility index (Phi) is 2.89. The van der Waals surface area contributed by atoms with E-state index in [0.717, 1.165) is 12.3 Å². The van der Waals surface area contributed by atoms with Crippen LogP contribution in [0.3, 0.4) is 0 Å². The van der Waals surface area contributed by atoms with Gasteiger partial charge in [0.25, 0.3) is 0 Å². The fourth-order valence-corrected chi connectivity index (χ4v) is 3.24. The maximum Gasteiger partial charge on any atom is 0.102 e. The number of rotatable bonds is 1. The van der Waals surface area contributed by atoms with Gasteiger partial charge >= 0.3 is 0 Å². The van der Waals surface area contributed by atoms with Crippen molar-refractivity contribution in [1.29, 1.82) is 0 Å². The van der Waals surface area contributed by atoms with Crippen molar-refractivity contribution in [3.63, 3.8) is 0 Å². The molecule has 0 spiro atoms. The van der Waals surface area contributed by atoms with Gasteiger partial charge in [-0.3, -0.25) is 0 Å². The number of ether oxygens (including phenoxy) is 1. The van der Waals surface area contributed by atoms with Gasteiger partial charge in [0.05, 0.1) is 7.11 Å². The molecule has 2 heteroatoms. The maximum atomic E-state index is 5.63. The van der Waals surface area contributed by atoms with Gasteiger partial charge in [-0.05, 0) is 39.0 Å². The quantitative estimate of drug-likeness (QED) is 0.647.